The molecule has 0 aromatic carbocycles. The molecular weight excluding hydrogens is 256 g/mol. The average Bonchev–Trinajstić information content (AvgIpc) is 2.43. The lowest BCUT2D eigenvalue weighted by atomic mass is 9.78. The van der Waals surface area contributed by atoms with Crippen LogP contribution in [0.25, 0.3) is 0 Å². The van der Waals surface area contributed by atoms with Gasteiger partial charge in [-0.25, -0.2) is 4.98 Å². The van der Waals surface area contributed by atoms with Gasteiger partial charge < -0.3 is 5.32 Å². The monoisotopic (exact) mass is 278 g/mol. The lowest BCUT2D eigenvalue weighted by Crippen LogP contribution is -2.44. The summed E-state index contributed by atoms with van der Waals surface area (Å²) in [7, 11) is 0. The maximum Gasteiger partial charge on any atom is 0.230 e. The summed E-state index contributed by atoms with van der Waals surface area (Å²) in [5.41, 5.74) is 0. The minimum Gasteiger partial charge on any atom is -0.352 e. The van der Waals surface area contributed by atoms with Gasteiger partial charge in [-0.1, -0.05) is 44.5 Å². The van der Waals surface area contributed by atoms with Crippen molar-refractivity contribution >= 4 is 17.7 Å². The largest absolute Gasteiger partial charge is 0.352 e. The maximum absolute atomic E-state index is 12.0. The summed E-state index contributed by atoms with van der Waals surface area (Å²) in [6.07, 6.45) is 5.39. The van der Waals surface area contributed by atoms with Crippen LogP contribution in [-0.2, 0) is 4.79 Å². The summed E-state index contributed by atoms with van der Waals surface area (Å²) in [4.78, 5) is 16.2. The number of nitrogens with zero attached hydrogens (tertiary/aromatic N) is 1. The number of hydrogen-bond donors (Lipinski definition) is 1. The Kier molecular flexibility index (Phi) is 5.25. The van der Waals surface area contributed by atoms with Crippen molar-refractivity contribution in [2.45, 2.75) is 44.2 Å². The topological polar surface area (TPSA) is 42.0 Å². The number of carbonyl (C=O) groups is 1. The highest BCUT2D eigenvalue weighted by molar-refractivity contribution is 7.99. The van der Waals surface area contributed by atoms with Gasteiger partial charge in [0.2, 0.25) is 5.91 Å². The summed E-state index contributed by atoms with van der Waals surface area (Å²) in [5, 5.41) is 4.09. The highest BCUT2D eigenvalue weighted by Crippen LogP contribution is 2.29. The molecule has 2 rings (SSSR count). The molecule has 0 saturated heterocycles. The fourth-order valence-electron chi connectivity index (χ4n) is 2.61. The molecule has 3 atom stereocenters. The van der Waals surface area contributed by atoms with Crippen LogP contribution in [0.2, 0.25) is 0 Å². The smallest absolute Gasteiger partial charge is 0.230 e. The Morgan fingerprint density at radius 2 is 2.26 bits per heavy atom. The molecule has 19 heavy (non-hydrogen) atoms. The first-order valence-corrected chi connectivity index (χ1v) is 7.98. The molecule has 4 heteroatoms. The molecule has 3 nitrogen and oxygen atoms in total. The van der Waals surface area contributed by atoms with Crippen molar-refractivity contribution < 1.29 is 4.79 Å². The molecule has 1 aromatic rings. The highest BCUT2D eigenvalue weighted by Gasteiger charge is 2.27. The third-order valence-corrected chi connectivity index (χ3v) is 4.99. The van der Waals surface area contributed by atoms with Gasteiger partial charge in [-0.2, -0.15) is 0 Å². The molecule has 1 saturated carbocycles. The van der Waals surface area contributed by atoms with E-state index in [9.17, 15) is 4.79 Å². The predicted molar refractivity (Wildman–Crippen MR) is 79.1 cm³/mol. The summed E-state index contributed by atoms with van der Waals surface area (Å²) in [6, 6.07) is 6.11. The SMILES string of the molecule is CC1CCCC(NC(=O)CSc2ccccn2)C1C. The summed E-state index contributed by atoms with van der Waals surface area (Å²) >= 11 is 1.50. The second-order valence-electron chi connectivity index (χ2n) is 5.40. The van der Waals surface area contributed by atoms with Gasteiger partial charge in [0.05, 0.1) is 10.8 Å². The molecule has 104 valence electrons. The molecule has 1 aromatic heterocycles. The number of rotatable bonds is 4. The maximum atomic E-state index is 12.0. The number of amides is 1. The van der Waals surface area contributed by atoms with Crippen molar-refractivity contribution in [3.63, 3.8) is 0 Å². The molecule has 1 fully saturated rings. The lowest BCUT2D eigenvalue weighted by Gasteiger charge is -2.34. The van der Waals surface area contributed by atoms with E-state index in [4.69, 9.17) is 0 Å². The Morgan fingerprint density at radius 1 is 1.42 bits per heavy atom. The average molecular weight is 278 g/mol. The summed E-state index contributed by atoms with van der Waals surface area (Å²) in [5.74, 6) is 1.87. The van der Waals surface area contributed by atoms with Crippen molar-refractivity contribution in [2.24, 2.45) is 11.8 Å². The first-order valence-electron chi connectivity index (χ1n) is 7.00. The number of nitrogens with one attached hydrogen (secondary N) is 1. The van der Waals surface area contributed by atoms with E-state index < -0.39 is 0 Å². The van der Waals surface area contributed by atoms with Crippen molar-refractivity contribution in [2.75, 3.05) is 5.75 Å². The Labute approximate surface area is 119 Å². The molecule has 0 bridgehead atoms. The minimum atomic E-state index is 0.126. The zero-order valence-corrected chi connectivity index (χ0v) is 12.5. The van der Waals surface area contributed by atoms with Gasteiger partial charge in [0, 0.05) is 12.2 Å². The number of hydrogen-bond acceptors (Lipinski definition) is 3. The second kappa shape index (κ2) is 6.94. The van der Waals surface area contributed by atoms with Gasteiger partial charge in [-0.15, -0.1) is 0 Å². The van der Waals surface area contributed by atoms with Gasteiger partial charge in [-0.05, 0) is 30.4 Å². The quantitative estimate of drug-likeness (QED) is 0.860. The van der Waals surface area contributed by atoms with E-state index in [1.807, 2.05) is 18.2 Å². The van der Waals surface area contributed by atoms with Crippen LogP contribution >= 0.6 is 11.8 Å². The third-order valence-electron chi connectivity index (χ3n) is 4.04. The highest BCUT2D eigenvalue weighted by atomic mass is 32.2. The number of aromatic nitrogens is 1. The minimum absolute atomic E-state index is 0.126. The van der Waals surface area contributed by atoms with E-state index in [-0.39, 0.29) is 5.91 Å². The third kappa shape index (κ3) is 4.23. The van der Waals surface area contributed by atoms with Crippen LogP contribution in [-0.4, -0.2) is 22.7 Å². The zero-order chi connectivity index (χ0) is 13.7. The first kappa shape index (κ1) is 14.4. The number of pyridine rings is 1. The first-order chi connectivity index (χ1) is 9.16. The molecule has 3 unspecified atom stereocenters. The van der Waals surface area contributed by atoms with Gasteiger partial charge in [0.15, 0.2) is 0 Å². The van der Waals surface area contributed by atoms with Crippen molar-refractivity contribution in [1.29, 1.82) is 0 Å². The molecule has 0 spiro atoms. The number of thioether (sulfide) groups is 1. The van der Waals surface area contributed by atoms with Gasteiger partial charge in [0.1, 0.15) is 0 Å². The van der Waals surface area contributed by atoms with E-state index in [2.05, 4.69) is 24.1 Å². The van der Waals surface area contributed by atoms with Crippen LogP contribution in [0.3, 0.4) is 0 Å². The zero-order valence-electron chi connectivity index (χ0n) is 11.6. The Hall–Kier alpha value is -1.03. The van der Waals surface area contributed by atoms with E-state index >= 15 is 0 Å². The standard InChI is InChI=1S/C15H22N2OS/c1-11-6-5-7-13(12(11)2)17-14(18)10-19-15-8-3-4-9-16-15/h3-4,8-9,11-13H,5-7,10H2,1-2H3,(H,17,18). The van der Waals surface area contributed by atoms with Gasteiger partial charge in [0.25, 0.3) is 0 Å². The fraction of sp³-hybridized carbons (Fsp3) is 0.600. The molecule has 1 amide bonds. The van der Waals surface area contributed by atoms with Gasteiger partial charge >= 0.3 is 0 Å². The Morgan fingerprint density at radius 3 is 3.00 bits per heavy atom. The molecular formula is C15H22N2OS. The predicted octanol–water partition coefficient (Wildman–Crippen LogP) is 3.11. The van der Waals surface area contributed by atoms with Crippen LogP contribution in [0.15, 0.2) is 29.4 Å². The van der Waals surface area contributed by atoms with Crippen molar-refractivity contribution in [1.82, 2.24) is 10.3 Å². The van der Waals surface area contributed by atoms with E-state index in [0.717, 1.165) is 11.4 Å². The molecule has 1 aliphatic carbocycles. The normalized spacial score (nSPS) is 26.9. The van der Waals surface area contributed by atoms with Crippen molar-refractivity contribution in [3.05, 3.63) is 24.4 Å². The number of carbonyl (C=O) groups excluding carboxylic acids is 1. The van der Waals surface area contributed by atoms with Crippen molar-refractivity contribution in [3.8, 4) is 0 Å². The Bertz CT molecular complexity index is 410. The van der Waals surface area contributed by atoms with Crippen LogP contribution in [0.5, 0.6) is 0 Å². The molecule has 0 radical (unpaired) electrons. The molecule has 1 aliphatic rings. The molecule has 0 aliphatic heterocycles. The fourth-order valence-corrected chi connectivity index (χ4v) is 3.28. The van der Waals surface area contributed by atoms with E-state index in [1.165, 1.54) is 24.6 Å². The van der Waals surface area contributed by atoms with E-state index in [0.29, 0.717) is 23.6 Å². The van der Waals surface area contributed by atoms with Crippen LogP contribution in [0, 0.1) is 11.8 Å². The second-order valence-corrected chi connectivity index (χ2v) is 6.39. The van der Waals surface area contributed by atoms with Crippen LogP contribution < -0.4 is 5.32 Å². The Balaban J connectivity index is 1.78. The summed E-state index contributed by atoms with van der Waals surface area (Å²) in [6.45, 7) is 4.53. The molecule has 1 heterocycles. The molecule has 1 N–H and O–H groups in total. The summed E-state index contributed by atoms with van der Waals surface area (Å²) < 4.78 is 0. The lowest BCUT2D eigenvalue weighted by molar-refractivity contribution is -0.119. The van der Waals surface area contributed by atoms with E-state index in [1.54, 1.807) is 6.20 Å². The van der Waals surface area contributed by atoms with Crippen LogP contribution in [0.1, 0.15) is 33.1 Å². The van der Waals surface area contributed by atoms with Crippen LogP contribution in [0.4, 0.5) is 0 Å². The van der Waals surface area contributed by atoms with Gasteiger partial charge in [-0.3, -0.25) is 4.79 Å².